The summed E-state index contributed by atoms with van der Waals surface area (Å²) in [5.74, 6) is -0.143. The van der Waals surface area contributed by atoms with Gasteiger partial charge in [0.1, 0.15) is 9.33 Å². The van der Waals surface area contributed by atoms with Gasteiger partial charge in [0, 0.05) is 5.38 Å². The summed E-state index contributed by atoms with van der Waals surface area (Å²) in [5, 5.41) is 7.52. The predicted molar refractivity (Wildman–Crippen MR) is 81.7 cm³/mol. The van der Waals surface area contributed by atoms with E-state index in [0.29, 0.717) is 9.23 Å². The van der Waals surface area contributed by atoms with Gasteiger partial charge in [-0.05, 0) is 17.5 Å². The van der Waals surface area contributed by atoms with Crippen LogP contribution in [0.5, 0.6) is 0 Å². The molecule has 3 rings (SSSR count). The van der Waals surface area contributed by atoms with Crippen LogP contribution in [0.2, 0.25) is 0 Å². The Hall–Kier alpha value is -1.02. The van der Waals surface area contributed by atoms with Gasteiger partial charge in [0.05, 0.1) is 15.5 Å². The zero-order valence-electron chi connectivity index (χ0n) is 8.88. The van der Waals surface area contributed by atoms with Crippen LogP contribution in [0.15, 0.2) is 27.8 Å². The lowest BCUT2D eigenvalue weighted by Gasteiger charge is -1.89. The first kappa shape index (κ1) is 12.0. The number of amides is 1. The molecule has 1 N–H and O–H groups in total. The number of thiocarbonyl (C=S) groups is 1. The molecule has 2 aromatic heterocycles. The molecule has 18 heavy (non-hydrogen) atoms. The van der Waals surface area contributed by atoms with Gasteiger partial charge in [0.25, 0.3) is 5.91 Å². The molecular weight excluding hydrogens is 304 g/mol. The van der Waals surface area contributed by atoms with Gasteiger partial charge in [-0.3, -0.25) is 4.79 Å². The van der Waals surface area contributed by atoms with E-state index in [0.717, 1.165) is 15.6 Å². The van der Waals surface area contributed by atoms with E-state index in [4.69, 9.17) is 12.2 Å². The van der Waals surface area contributed by atoms with Crippen LogP contribution in [0.25, 0.3) is 16.0 Å². The summed E-state index contributed by atoms with van der Waals surface area (Å²) in [5.41, 5.74) is 0.797. The Balaban J connectivity index is 1.88. The summed E-state index contributed by atoms with van der Waals surface area (Å²) in [6.45, 7) is 0. The van der Waals surface area contributed by atoms with E-state index in [-0.39, 0.29) is 5.91 Å². The van der Waals surface area contributed by atoms with E-state index in [9.17, 15) is 4.79 Å². The van der Waals surface area contributed by atoms with Gasteiger partial charge in [-0.15, -0.1) is 22.7 Å². The van der Waals surface area contributed by atoms with Crippen LogP contribution in [-0.4, -0.2) is 15.2 Å². The lowest BCUT2D eigenvalue weighted by molar-refractivity contribution is -0.115. The first-order valence-electron chi connectivity index (χ1n) is 4.96. The van der Waals surface area contributed by atoms with Gasteiger partial charge < -0.3 is 5.32 Å². The van der Waals surface area contributed by atoms with Gasteiger partial charge in [-0.1, -0.05) is 30.0 Å². The second-order valence-electron chi connectivity index (χ2n) is 3.41. The van der Waals surface area contributed by atoms with E-state index < -0.39 is 0 Å². The van der Waals surface area contributed by atoms with Crippen molar-refractivity contribution in [3.63, 3.8) is 0 Å². The number of hydrogen-bond donors (Lipinski definition) is 1. The summed E-state index contributed by atoms with van der Waals surface area (Å²) < 4.78 is 0.500. The molecule has 0 bridgehead atoms. The molecular formula is C11H6N2OS4. The topological polar surface area (TPSA) is 42.0 Å². The van der Waals surface area contributed by atoms with Crippen molar-refractivity contribution in [3.8, 4) is 9.88 Å². The number of rotatable bonds is 2. The molecule has 1 aliphatic rings. The Bertz CT molecular complexity index is 642. The van der Waals surface area contributed by atoms with Crippen LogP contribution in [0.4, 0.5) is 0 Å². The van der Waals surface area contributed by atoms with E-state index in [1.807, 2.05) is 22.9 Å². The Morgan fingerprint density at radius 3 is 2.94 bits per heavy atom. The Morgan fingerprint density at radius 1 is 1.39 bits per heavy atom. The Labute approximate surface area is 121 Å². The minimum Gasteiger partial charge on any atom is -0.307 e. The zero-order valence-corrected chi connectivity index (χ0v) is 12.1. The molecule has 1 fully saturated rings. The van der Waals surface area contributed by atoms with Gasteiger partial charge in [0.15, 0.2) is 0 Å². The van der Waals surface area contributed by atoms with E-state index in [1.165, 1.54) is 11.8 Å². The second-order valence-corrected chi connectivity index (χ2v) is 6.93. The van der Waals surface area contributed by atoms with E-state index in [1.54, 1.807) is 28.7 Å². The van der Waals surface area contributed by atoms with Crippen molar-refractivity contribution in [1.29, 1.82) is 0 Å². The monoisotopic (exact) mass is 310 g/mol. The highest BCUT2D eigenvalue weighted by molar-refractivity contribution is 8.26. The quantitative estimate of drug-likeness (QED) is 0.682. The molecule has 7 heteroatoms. The van der Waals surface area contributed by atoms with Crippen molar-refractivity contribution < 1.29 is 4.79 Å². The normalized spacial score (nSPS) is 17.4. The molecule has 0 aromatic carbocycles. The first-order chi connectivity index (χ1) is 8.72. The van der Waals surface area contributed by atoms with E-state index >= 15 is 0 Å². The summed E-state index contributed by atoms with van der Waals surface area (Å²) >= 11 is 9.44. The lowest BCUT2D eigenvalue weighted by atomic mass is 10.4. The number of aromatic nitrogens is 1. The van der Waals surface area contributed by atoms with Crippen LogP contribution < -0.4 is 5.32 Å². The third kappa shape index (κ3) is 2.39. The van der Waals surface area contributed by atoms with Crippen molar-refractivity contribution in [2.45, 2.75) is 0 Å². The molecule has 0 aliphatic carbocycles. The molecule has 0 spiro atoms. The van der Waals surface area contributed by atoms with Crippen molar-refractivity contribution in [3.05, 3.63) is 33.5 Å². The van der Waals surface area contributed by atoms with Crippen LogP contribution in [-0.2, 0) is 4.79 Å². The number of nitrogens with zero attached hydrogens (tertiary/aromatic N) is 1. The minimum absolute atomic E-state index is 0.143. The standard InChI is InChI=1S/C11H6N2OS4/c14-9-8(18-11(15)13-9)4-6-5-17-10(12-6)7-2-1-3-16-7/h1-5H,(H,13,14,15)/b8-4+. The molecule has 0 unspecified atom stereocenters. The molecule has 2 aromatic rings. The molecule has 1 saturated heterocycles. The third-order valence-corrected chi connectivity index (χ3v) is 5.24. The lowest BCUT2D eigenvalue weighted by Crippen LogP contribution is -2.17. The highest BCUT2D eigenvalue weighted by atomic mass is 32.2. The Kier molecular flexibility index (Phi) is 3.29. The molecule has 1 amide bonds. The average molecular weight is 310 g/mol. The number of carbonyl (C=O) groups excluding carboxylic acids is 1. The number of thioether (sulfide) groups is 1. The molecule has 0 atom stereocenters. The molecule has 0 radical (unpaired) electrons. The fourth-order valence-electron chi connectivity index (χ4n) is 1.42. The van der Waals surface area contributed by atoms with Crippen LogP contribution in [0.3, 0.4) is 0 Å². The van der Waals surface area contributed by atoms with Crippen molar-refractivity contribution in [1.82, 2.24) is 10.3 Å². The van der Waals surface area contributed by atoms with Crippen molar-refractivity contribution in [2.75, 3.05) is 0 Å². The average Bonchev–Trinajstić information content (AvgIpc) is 3.02. The van der Waals surface area contributed by atoms with Crippen LogP contribution in [0, 0.1) is 0 Å². The fraction of sp³-hybridized carbons (Fsp3) is 0. The molecule has 3 heterocycles. The number of thiazole rings is 1. The SMILES string of the molecule is O=C1NC(=S)S/C1=C/c1csc(-c2cccs2)n1. The number of hydrogen-bond acceptors (Lipinski definition) is 6. The van der Waals surface area contributed by atoms with Gasteiger partial charge in [-0.2, -0.15) is 0 Å². The largest absolute Gasteiger partial charge is 0.307 e. The summed E-state index contributed by atoms with van der Waals surface area (Å²) in [6, 6.07) is 4.03. The minimum atomic E-state index is -0.143. The zero-order chi connectivity index (χ0) is 12.5. The Morgan fingerprint density at radius 2 is 2.28 bits per heavy atom. The van der Waals surface area contributed by atoms with Gasteiger partial charge in [0.2, 0.25) is 0 Å². The molecule has 3 nitrogen and oxygen atoms in total. The third-order valence-electron chi connectivity index (χ3n) is 2.17. The number of thiophene rings is 1. The highest BCUT2D eigenvalue weighted by Gasteiger charge is 2.22. The van der Waals surface area contributed by atoms with Gasteiger partial charge >= 0.3 is 0 Å². The molecule has 90 valence electrons. The summed E-state index contributed by atoms with van der Waals surface area (Å²) in [7, 11) is 0. The van der Waals surface area contributed by atoms with E-state index in [2.05, 4.69) is 10.3 Å². The van der Waals surface area contributed by atoms with Crippen molar-refractivity contribution in [2.24, 2.45) is 0 Å². The molecule has 1 aliphatic heterocycles. The maximum atomic E-state index is 11.5. The van der Waals surface area contributed by atoms with Gasteiger partial charge in [-0.25, -0.2) is 4.98 Å². The maximum Gasteiger partial charge on any atom is 0.263 e. The summed E-state index contributed by atoms with van der Waals surface area (Å²) in [4.78, 5) is 17.7. The molecule has 0 saturated carbocycles. The number of carbonyl (C=O) groups is 1. The second kappa shape index (κ2) is 4.93. The van der Waals surface area contributed by atoms with Crippen LogP contribution >= 0.6 is 46.7 Å². The summed E-state index contributed by atoms with van der Waals surface area (Å²) in [6.07, 6.45) is 1.77. The highest BCUT2D eigenvalue weighted by Crippen LogP contribution is 2.30. The van der Waals surface area contributed by atoms with Crippen molar-refractivity contribution >= 4 is 63.0 Å². The van der Waals surface area contributed by atoms with Crippen LogP contribution in [0.1, 0.15) is 5.69 Å². The smallest absolute Gasteiger partial charge is 0.263 e. The number of nitrogens with one attached hydrogen (secondary N) is 1. The predicted octanol–water partition coefficient (Wildman–Crippen LogP) is 3.36. The maximum absolute atomic E-state index is 11.5. The first-order valence-corrected chi connectivity index (χ1v) is 7.95. The fourth-order valence-corrected chi connectivity index (χ4v) is 4.04.